The predicted octanol–water partition coefficient (Wildman–Crippen LogP) is 1.70. The summed E-state index contributed by atoms with van der Waals surface area (Å²) in [4.78, 5) is 27.1. The third-order valence-corrected chi connectivity index (χ3v) is 5.28. The Balaban J connectivity index is 0.00000261. The molecule has 2 amide bonds. The summed E-state index contributed by atoms with van der Waals surface area (Å²) >= 11 is 0. The number of hydrogen-bond acceptors (Lipinski definition) is 4. The van der Waals surface area contributed by atoms with Crippen LogP contribution < -0.4 is 10.6 Å². The van der Waals surface area contributed by atoms with E-state index in [2.05, 4.69) is 17.6 Å². The number of carbonyl (C=O) groups excluding carboxylic acids is 2. The van der Waals surface area contributed by atoms with E-state index in [1.807, 2.05) is 35.2 Å². The molecular formula is C20H30ClN3O3. The highest BCUT2D eigenvalue weighted by Gasteiger charge is 2.30. The second kappa shape index (κ2) is 10.6. The number of ether oxygens (including phenoxy) is 1. The molecule has 2 aliphatic rings. The molecule has 2 unspecified atom stereocenters. The number of nitrogens with zero attached hydrogens (tertiary/aromatic N) is 1. The van der Waals surface area contributed by atoms with Crippen LogP contribution >= 0.6 is 12.4 Å². The molecule has 27 heavy (non-hydrogen) atoms. The summed E-state index contributed by atoms with van der Waals surface area (Å²) in [6.07, 6.45) is 1.99. The maximum atomic E-state index is 12.9. The molecular weight excluding hydrogens is 366 g/mol. The summed E-state index contributed by atoms with van der Waals surface area (Å²) < 4.78 is 5.50. The van der Waals surface area contributed by atoms with Crippen molar-refractivity contribution in [3.05, 3.63) is 35.9 Å². The molecule has 7 heteroatoms. The van der Waals surface area contributed by atoms with Crippen molar-refractivity contribution in [1.82, 2.24) is 15.5 Å². The van der Waals surface area contributed by atoms with Gasteiger partial charge in [-0.3, -0.25) is 9.59 Å². The molecule has 2 saturated heterocycles. The van der Waals surface area contributed by atoms with Crippen molar-refractivity contribution in [2.75, 3.05) is 32.8 Å². The zero-order valence-corrected chi connectivity index (χ0v) is 16.7. The van der Waals surface area contributed by atoms with Crippen molar-refractivity contribution in [3.8, 4) is 0 Å². The number of likely N-dealkylation sites (tertiary alicyclic amines) is 1. The number of nitrogens with one attached hydrogen (secondary N) is 2. The highest BCUT2D eigenvalue weighted by atomic mass is 35.5. The molecule has 1 aromatic rings. The summed E-state index contributed by atoms with van der Waals surface area (Å²) in [7, 11) is 0. The van der Waals surface area contributed by atoms with Crippen LogP contribution in [0.4, 0.5) is 0 Å². The normalized spacial score (nSPS) is 21.8. The third-order valence-electron chi connectivity index (χ3n) is 5.28. The average Bonchev–Trinajstić information content (AvgIpc) is 2.70. The van der Waals surface area contributed by atoms with E-state index < -0.39 is 6.10 Å². The van der Waals surface area contributed by atoms with Crippen LogP contribution in [0, 0.1) is 0 Å². The maximum absolute atomic E-state index is 12.9. The van der Waals surface area contributed by atoms with Gasteiger partial charge >= 0.3 is 0 Å². The van der Waals surface area contributed by atoms with E-state index >= 15 is 0 Å². The first-order valence-corrected chi connectivity index (χ1v) is 9.65. The van der Waals surface area contributed by atoms with Gasteiger partial charge in [0.15, 0.2) is 0 Å². The Kier molecular flexibility index (Phi) is 8.54. The number of benzene rings is 1. The van der Waals surface area contributed by atoms with E-state index in [0.717, 1.165) is 31.4 Å². The highest BCUT2D eigenvalue weighted by Crippen LogP contribution is 2.24. The largest absolute Gasteiger partial charge is 0.366 e. The fourth-order valence-corrected chi connectivity index (χ4v) is 3.73. The SMILES string of the molecule is CCC(C(=O)N1CCC(NC(=O)C2CNCCO2)CC1)c1ccccc1.Cl. The van der Waals surface area contributed by atoms with Gasteiger partial charge in [0.05, 0.1) is 12.5 Å². The first kappa shape index (κ1) is 21.7. The van der Waals surface area contributed by atoms with Crippen LogP contribution in [-0.2, 0) is 14.3 Å². The number of carbonyl (C=O) groups is 2. The summed E-state index contributed by atoms with van der Waals surface area (Å²) in [5.41, 5.74) is 1.08. The Hall–Kier alpha value is -1.63. The van der Waals surface area contributed by atoms with E-state index in [1.54, 1.807) is 0 Å². The molecule has 0 radical (unpaired) electrons. The van der Waals surface area contributed by atoms with Gasteiger partial charge in [0.1, 0.15) is 6.10 Å². The molecule has 0 aromatic heterocycles. The topological polar surface area (TPSA) is 70.7 Å². The van der Waals surface area contributed by atoms with E-state index in [4.69, 9.17) is 4.74 Å². The van der Waals surface area contributed by atoms with Gasteiger partial charge in [0.2, 0.25) is 5.91 Å². The number of morpholine rings is 1. The first-order chi connectivity index (χ1) is 12.7. The Morgan fingerprint density at radius 1 is 1.26 bits per heavy atom. The second-order valence-corrected chi connectivity index (χ2v) is 7.04. The van der Waals surface area contributed by atoms with Crippen LogP contribution in [0.25, 0.3) is 0 Å². The molecule has 2 atom stereocenters. The summed E-state index contributed by atoms with van der Waals surface area (Å²) in [6, 6.07) is 10.1. The summed E-state index contributed by atoms with van der Waals surface area (Å²) in [5.74, 6) is 0.0741. The molecule has 3 rings (SSSR count). The summed E-state index contributed by atoms with van der Waals surface area (Å²) in [5, 5.41) is 6.25. The molecule has 1 aromatic carbocycles. The van der Waals surface area contributed by atoms with Gasteiger partial charge in [0.25, 0.3) is 5.91 Å². The molecule has 150 valence electrons. The van der Waals surface area contributed by atoms with Crippen molar-refractivity contribution in [1.29, 1.82) is 0 Å². The molecule has 2 fully saturated rings. The smallest absolute Gasteiger partial charge is 0.250 e. The minimum atomic E-state index is -0.397. The van der Waals surface area contributed by atoms with Crippen molar-refractivity contribution in [2.24, 2.45) is 0 Å². The predicted molar refractivity (Wildman–Crippen MR) is 107 cm³/mol. The van der Waals surface area contributed by atoms with Crippen molar-refractivity contribution in [2.45, 2.75) is 44.2 Å². The molecule has 2 N–H and O–H groups in total. The molecule has 0 bridgehead atoms. The Bertz CT molecular complexity index is 600. The van der Waals surface area contributed by atoms with Crippen LogP contribution in [0.15, 0.2) is 30.3 Å². The van der Waals surface area contributed by atoms with Gasteiger partial charge in [-0.1, -0.05) is 37.3 Å². The standard InChI is InChI=1S/C20H29N3O3.ClH/c1-2-17(15-6-4-3-5-7-15)20(25)23-11-8-16(9-12-23)22-19(24)18-14-21-10-13-26-18;/h3-7,16-18,21H,2,8-14H2,1H3,(H,22,24);1H. The monoisotopic (exact) mass is 395 g/mol. The van der Waals surface area contributed by atoms with Crippen LogP contribution in [0.3, 0.4) is 0 Å². The number of halogens is 1. The van der Waals surface area contributed by atoms with Gasteiger partial charge in [-0.25, -0.2) is 0 Å². The lowest BCUT2D eigenvalue weighted by Crippen LogP contribution is -2.53. The lowest BCUT2D eigenvalue weighted by Gasteiger charge is -2.35. The quantitative estimate of drug-likeness (QED) is 0.796. The highest BCUT2D eigenvalue weighted by molar-refractivity contribution is 5.85. The average molecular weight is 396 g/mol. The van der Waals surface area contributed by atoms with E-state index in [1.165, 1.54) is 0 Å². The summed E-state index contributed by atoms with van der Waals surface area (Å²) in [6.45, 7) is 5.38. The minimum Gasteiger partial charge on any atom is -0.366 e. The number of piperidine rings is 1. The molecule has 0 aliphatic carbocycles. The zero-order valence-electron chi connectivity index (χ0n) is 15.9. The van der Waals surface area contributed by atoms with Crippen LogP contribution in [0.2, 0.25) is 0 Å². The van der Waals surface area contributed by atoms with Gasteiger partial charge in [-0.2, -0.15) is 0 Å². The van der Waals surface area contributed by atoms with E-state index in [9.17, 15) is 9.59 Å². The third kappa shape index (κ3) is 5.67. The number of amides is 2. The lowest BCUT2D eigenvalue weighted by atomic mass is 9.93. The van der Waals surface area contributed by atoms with E-state index in [-0.39, 0.29) is 36.2 Å². The Labute approximate surface area is 167 Å². The van der Waals surface area contributed by atoms with Gasteiger partial charge in [0, 0.05) is 32.2 Å². The van der Waals surface area contributed by atoms with Gasteiger partial charge in [-0.05, 0) is 24.8 Å². The second-order valence-electron chi connectivity index (χ2n) is 7.04. The van der Waals surface area contributed by atoms with Crippen molar-refractivity contribution >= 4 is 24.2 Å². The van der Waals surface area contributed by atoms with Crippen LogP contribution in [0.5, 0.6) is 0 Å². The van der Waals surface area contributed by atoms with Gasteiger partial charge < -0.3 is 20.3 Å². The minimum absolute atomic E-state index is 0. The molecule has 6 nitrogen and oxygen atoms in total. The Morgan fingerprint density at radius 2 is 1.96 bits per heavy atom. The van der Waals surface area contributed by atoms with Crippen molar-refractivity contribution < 1.29 is 14.3 Å². The molecule has 2 heterocycles. The van der Waals surface area contributed by atoms with Gasteiger partial charge in [-0.15, -0.1) is 12.4 Å². The Morgan fingerprint density at radius 3 is 2.56 bits per heavy atom. The van der Waals surface area contributed by atoms with E-state index in [0.29, 0.717) is 26.2 Å². The maximum Gasteiger partial charge on any atom is 0.250 e. The van der Waals surface area contributed by atoms with Crippen molar-refractivity contribution in [3.63, 3.8) is 0 Å². The fraction of sp³-hybridized carbons (Fsp3) is 0.600. The first-order valence-electron chi connectivity index (χ1n) is 9.65. The number of rotatable bonds is 5. The number of hydrogen-bond donors (Lipinski definition) is 2. The van der Waals surface area contributed by atoms with Crippen LogP contribution in [-0.4, -0.2) is 61.6 Å². The van der Waals surface area contributed by atoms with Crippen LogP contribution in [0.1, 0.15) is 37.7 Å². The molecule has 0 saturated carbocycles. The fourth-order valence-electron chi connectivity index (χ4n) is 3.73. The lowest BCUT2D eigenvalue weighted by molar-refractivity contribution is -0.136. The zero-order chi connectivity index (χ0) is 18.4. The molecule has 0 spiro atoms. The molecule has 2 aliphatic heterocycles.